The number of halogens is 2. The molecule has 39 heavy (non-hydrogen) atoms. The van der Waals surface area contributed by atoms with Crippen LogP contribution in [0, 0.1) is 0 Å². The third-order valence-electron chi connectivity index (χ3n) is 6.48. The van der Waals surface area contributed by atoms with Gasteiger partial charge in [0.1, 0.15) is 6.54 Å². The first-order valence-electron chi connectivity index (χ1n) is 12.8. The first-order chi connectivity index (χ1) is 19.0. The zero-order chi connectivity index (χ0) is 27.6. The summed E-state index contributed by atoms with van der Waals surface area (Å²) in [4.78, 5) is 33.6. The van der Waals surface area contributed by atoms with E-state index < -0.39 is 6.03 Å². The fraction of sp³-hybridized carbons (Fsp3) is 0.267. The highest BCUT2D eigenvalue weighted by Gasteiger charge is 2.23. The zero-order valence-corrected chi connectivity index (χ0v) is 23.3. The highest BCUT2D eigenvalue weighted by molar-refractivity contribution is 6.43. The normalized spacial score (nSPS) is 10.9. The highest BCUT2D eigenvalue weighted by Crippen LogP contribution is 2.29. The van der Waals surface area contributed by atoms with Gasteiger partial charge in [-0.1, -0.05) is 77.8 Å². The van der Waals surface area contributed by atoms with E-state index in [1.54, 1.807) is 30.2 Å². The Balaban J connectivity index is 1.51. The third kappa shape index (κ3) is 7.76. The molecule has 0 atom stereocenters. The Bertz CT molecular complexity index is 1390. The van der Waals surface area contributed by atoms with Crippen LogP contribution >= 0.6 is 23.2 Å². The maximum Gasteiger partial charge on any atom is 0.322 e. The van der Waals surface area contributed by atoms with E-state index in [0.717, 1.165) is 22.0 Å². The minimum atomic E-state index is -0.431. The van der Waals surface area contributed by atoms with Gasteiger partial charge in [-0.05, 0) is 42.2 Å². The number of amides is 3. The first-order valence-corrected chi connectivity index (χ1v) is 13.6. The van der Waals surface area contributed by atoms with E-state index in [1.165, 1.54) is 4.90 Å². The summed E-state index contributed by atoms with van der Waals surface area (Å²) in [5.41, 5.74) is 3.61. The monoisotopic (exact) mass is 566 g/mol. The number of para-hydroxylation sites is 1. The van der Waals surface area contributed by atoms with Gasteiger partial charge in [-0.2, -0.15) is 0 Å². The second-order valence-corrected chi connectivity index (χ2v) is 9.99. The van der Waals surface area contributed by atoms with E-state index in [0.29, 0.717) is 49.8 Å². The molecule has 0 fully saturated rings. The topological polar surface area (TPSA) is 77.7 Å². The number of benzene rings is 3. The minimum Gasteiger partial charge on any atom is -0.385 e. The molecule has 4 aromatic rings. The molecule has 7 nitrogen and oxygen atoms in total. The van der Waals surface area contributed by atoms with Crippen molar-refractivity contribution in [3.05, 3.63) is 100 Å². The van der Waals surface area contributed by atoms with Crippen LogP contribution in [0.5, 0.6) is 0 Å². The number of rotatable bonds is 12. The van der Waals surface area contributed by atoms with Gasteiger partial charge in [-0.15, -0.1) is 0 Å². The summed E-state index contributed by atoms with van der Waals surface area (Å²) in [7, 11) is 1.60. The van der Waals surface area contributed by atoms with E-state index >= 15 is 0 Å². The number of carbonyl (C=O) groups is 2. The van der Waals surface area contributed by atoms with E-state index in [4.69, 9.17) is 27.9 Å². The molecule has 204 valence electrons. The van der Waals surface area contributed by atoms with Gasteiger partial charge < -0.3 is 24.8 Å². The number of fused-ring (bicyclic) bond motifs is 1. The van der Waals surface area contributed by atoms with Crippen LogP contribution in [0.25, 0.3) is 10.9 Å². The van der Waals surface area contributed by atoms with Crippen LogP contribution in [0.2, 0.25) is 10.0 Å². The number of H-pyrrole nitrogens is 1. The van der Waals surface area contributed by atoms with Crippen molar-refractivity contribution >= 4 is 51.7 Å². The molecule has 3 amide bonds. The molecule has 0 saturated heterocycles. The summed E-state index contributed by atoms with van der Waals surface area (Å²) in [5.74, 6) is -0.150. The first kappa shape index (κ1) is 28.5. The maximum atomic E-state index is 13.7. The summed E-state index contributed by atoms with van der Waals surface area (Å²) in [5, 5.41) is 4.53. The molecular formula is C30H32Cl2N4O3. The molecule has 0 unspecified atom stereocenters. The molecule has 3 aromatic carbocycles. The van der Waals surface area contributed by atoms with Crippen molar-refractivity contribution < 1.29 is 14.3 Å². The van der Waals surface area contributed by atoms with Crippen molar-refractivity contribution in [2.24, 2.45) is 0 Å². The molecule has 2 N–H and O–H groups in total. The molecule has 1 aromatic heterocycles. The fourth-order valence-corrected chi connectivity index (χ4v) is 4.75. The van der Waals surface area contributed by atoms with Gasteiger partial charge in [0.25, 0.3) is 0 Å². The van der Waals surface area contributed by atoms with Gasteiger partial charge in [-0.25, -0.2) is 4.79 Å². The SMILES string of the molecule is COCCCN(CC(=O)N(CCc1c[nH]c2ccccc12)Cc1ccccc1)C(=O)Nc1cccc(Cl)c1Cl. The summed E-state index contributed by atoms with van der Waals surface area (Å²) < 4.78 is 5.18. The summed E-state index contributed by atoms with van der Waals surface area (Å²) in [6.07, 6.45) is 3.25. The van der Waals surface area contributed by atoms with Crippen LogP contribution in [0.4, 0.5) is 10.5 Å². The number of nitrogens with one attached hydrogen (secondary N) is 2. The van der Waals surface area contributed by atoms with Crippen molar-refractivity contribution in [3.63, 3.8) is 0 Å². The Morgan fingerprint density at radius 3 is 2.49 bits per heavy atom. The van der Waals surface area contributed by atoms with Crippen molar-refractivity contribution in [2.75, 3.05) is 38.7 Å². The number of hydrogen-bond acceptors (Lipinski definition) is 3. The number of anilines is 1. The molecule has 0 bridgehead atoms. The molecule has 0 aliphatic heterocycles. The lowest BCUT2D eigenvalue weighted by Crippen LogP contribution is -2.45. The summed E-state index contributed by atoms with van der Waals surface area (Å²) >= 11 is 12.4. The Hall–Kier alpha value is -3.52. The Kier molecular flexibility index (Phi) is 10.3. The number of carbonyl (C=O) groups excluding carboxylic acids is 2. The van der Waals surface area contributed by atoms with Gasteiger partial charge in [0.2, 0.25) is 5.91 Å². The lowest BCUT2D eigenvalue weighted by molar-refractivity contribution is -0.132. The standard InChI is InChI=1S/C30H32Cl2N4O3/c1-39-18-8-16-36(30(38)34-27-14-7-12-25(31)29(27)32)21-28(37)35(20-22-9-3-2-4-10-22)17-15-23-19-33-26-13-6-5-11-24(23)26/h2-7,9-14,19,33H,8,15-18,20-21H2,1H3,(H,34,38). The third-order valence-corrected chi connectivity index (χ3v) is 7.30. The lowest BCUT2D eigenvalue weighted by atomic mass is 10.1. The van der Waals surface area contributed by atoms with Crippen molar-refractivity contribution in [3.8, 4) is 0 Å². The Labute approximate surface area is 238 Å². The number of methoxy groups -OCH3 is 1. The van der Waals surface area contributed by atoms with Crippen molar-refractivity contribution in [1.29, 1.82) is 0 Å². The van der Waals surface area contributed by atoms with Gasteiger partial charge >= 0.3 is 6.03 Å². The lowest BCUT2D eigenvalue weighted by Gasteiger charge is -2.28. The molecular weight excluding hydrogens is 535 g/mol. The predicted octanol–water partition coefficient (Wildman–Crippen LogP) is 6.62. The molecule has 0 saturated carbocycles. The number of aromatic amines is 1. The summed E-state index contributed by atoms with van der Waals surface area (Å²) in [6, 6.07) is 22.6. The fourth-order valence-electron chi connectivity index (χ4n) is 4.40. The number of aromatic nitrogens is 1. The van der Waals surface area contributed by atoms with Gasteiger partial charge in [0.05, 0.1) is 15.7 Å². The van der Waals surface area contributed by atoms with Crippen LogP contribution in [-0.4, -0.2) is 60.1 Å². The average Bonchev–Trinajstić information content (AvgIpc) is 3.36. The molecule has 9 heteroatoms. The number of urea groups is 1. The largest absolute Gasteiger partial charge is 0.385 e. The van der Waals surface area contributed by atoms with Gasteiger partial charge in [-0.3, -0.25) is 4.79 Å². The van der Waals surface area contributed by atoms with Crippen LogP contribution in [-0.2, 0) is 22.5 Å². The van der Waals surface area contributed by atoms with Crippen molar-refractivity contribution in [2.45, 2.75) is 19.4 Å². The van der Waals surface area contributed by atoms with Gasteiger partial charge in [0, 0.05) is 50.5 Å². The van der Waals surface area contributed by atoms with E-state index in [1.807, 2.05) is 54.7 Å². The molecule has 0 spiro atoms. The molecule has 1 heterocycles. The quantitative estimate of drug-likeness (QED) is 0.189. The number of hydrogen-bond donors (Lipinski definition) is 2. The van der Waals surface area contributed by atoms with Crippen LogP contribution < -0.4 is 5.32 Å². The molecule has 0 aliphatic rings. The zero-order valence-electron chi connectivity index (χ0n) is 21.8. The van der Waals surface area contributed by atoms with E-state index in [2.05, 4.69) is 16.4 Å². The highest BCUT2D eigenvalue weighted by atomic mass is 35.5. The van der Waals surface area contributed by atoms with Crippen LogP contribution in [0.3, 0.4) is 0 Å². The second kappa shape index (κ2) is 14.0. The Morgan fingerprint density at radius 1 is 0.923 bits per heavy atom. The van der Waals surface area contributed by atoms with E-state index in [-0.39, 0.29) is 17.5 Å². The minimum absolute atomic E-state index is 0.0888. The molecule has 0 radical (unpaired) electrons. The van der Waals surface area contributed by atoms with Crippen molar-refractivity contribution in [1.82, 2.24) is 14.8 Å². The smallest absolute Gasteiger partial charge is 0.322 e. The Morgan fingerprint density at radius 2 is 1.69 bits per heavy atom. The van der Waals surface area contributed by atoms with E-state index in [9.17, 15) is 9.59 Å². The van der Waals surface area contributed by atoms with Gasteiger partial charge in [0.15, 0.2) is 0 Å². The molecule has 4 rings (SSSR count). The second-order valence-electron chi connectivity index (χ2n) is 9.21. The number of nitrogens with zero attached hydrogens (tertiary/aromatic N) is 2. The summed E-state index contributed by atoms with van der Waals surface area (Å²) in [6.45, 7) is 1.66. The van der Waals surface area contributed by atoms with Crippen LogP contribution in [0.1, 0.15) is 17.5 Å². The number of ether oxygens (including phenoxy) is 1. The average molecular weight is 568 g/mol. The predicted molar refractivity (Wildman–Crippen MR) is 157 cm³/mol. The van der Waals surface area contributed by atoms with Crippen LogP contribution in [0.15, 0.2) is 79.0 Å². The maximum absolute atomic E-state index is 13.7. The molecule has 0 aliphatic carbocycles.